The summed E-state index contributed by atoms with van der Waals surface area (Å²) in [5.74, 6) is 1.23. The smallest absolute Gasteiger partial charge is 0.274 e. The highest BCUT2D eigenvalue weighted by molar-refractivity contribution is 5.92. The minimum atomic E-state index is -0.0398. The SMILES string of the molecule is CN(C)c1cnc(C(=O)N2CCC(Cn3cncn3)CC2)cn1. The van der Waals surface area contributed by atoms with Gasteiger partial charge >= 0.3 is 0 Å². The second-order valence-electron chi connectivity index (χ2n) is 6.01. The average molecular weight is 315 g/mol. The first-order chi connectivity index (χ1) is 11.1. The van der Waals surface area contributed by atoms with Crippen molar-refractivity contribution in [3.8, 4) is 0 Å². The largest absolute Gasteiger partial charge is 0.361 e. The molecule has 1 aliphatic rings. The van der Waals surface area contributed by atoms with Gasteiger partial charge in [0.25, 0.3) is 5.91 Å². The molecule has 0 bridgehead atoms. The first-order valence-corrected chi connectivity index (χ1v) is 7.74. The van der Waals surface area contributed by atoms with E-state index in [4.69, 9.17) is 0 Å². The number of anilines is 1. The number of piperidine rings is 1. The van der Waals surface area contributed by atoms with Crippen molar-refractivity contribution >= 4 is 11.7 Å². The second-order valence-corrected chi connectivity index (χ2v) is 6.01. The van der Waals surface area contributed by atoms with E-state index in [9.17, 15) is 4.79 Å². The lowest BCUT2D eigenvalue weighted by Gasteiger charge is -2.31. The van der Waals surface area contributed by atoms with Crippen LogP contribution in [0.25, 0.3) is 0 Å². The van der Waals surface area contributed by atoms with E-state index in [0.717, 1.165) is 38.3 Å². The van der Waals surface area contributed by atoms with Gasteiger partial charge in [0.05, 0.1) is 12.4 Å². The van der Waals surface area contributed by atoms with Gasteiger partial charge in [-0.3, -0.25) is 9.48 Å². The number of amides is 1. The van der Waals surface area contributed by atoms with Crippen molar-refractivity contribution in [2.75, 3.05) is 32.1 Å². The predicted molar refractivity (Wildman–Crippen MR) is 85.0 cm³/mol. The lowest BCUT2D eigenvalue weighted by atomic mass is 9.96. The first kappa shape index (κ1) is 15.4. The monoisotopic (exact) mass is 315 g/mol. The van der Waals surface area contributed by atoms with Crippen LogP contribution in [0.5, 0.6) is 0 Å². The summed E-state index contributed by atoms with van der Waals surface area (Å²) in [6, 6.07) is 0. The lowest BCUT2D eigenvalue weighted by molar-refractivity contribution is 0.0675. The van der Waals surface area contributed by atoms with Crippen molar-refractivity contribution in [1.82, 2.24) is 29.6 Å². The number of nitrogens with zero attached hydrogens (tertiary/aromatic N) is 7. The molecule has 23 heavy (non-hydrogen) atoms. The van der Waals surface area contributed by atoms with Gasteiger partial charge in [0.15, 0.2) is 0 Å². The fourth-order valence-corrected chi connectivity index (χ4v) is 2.73. The molecule has 2 aromatic rings. The van der Waals surface area contributed by atoms with Crippen molar-refractivity contribution in [2.24, 2.45) is 5.92 Å². The highest BCUT2D eigenvalue weighted by Crippen LogP contribution is 2.20. The van der Waals surface area contributed by atoms with E-state index in [1.807, 2.05) is 28.6 Å². The Labute approximate surface area is 135 Å². The Balaban J connectivity index is 1.55. The summed E-state index contributed by atoms with van der Waals surface area (Å²) in [6.45, 7) is 2.35. The summed E-state index contributed by atoms with van der Waals surface area (Å²) in [4.78, 5) is 28.7. The zero-order valence-corrected chi connectivity index (χ0v) is 13.5. The zero-order chi connectivity index (χ0) is 16.2. The maximum Gasteiger partial charge on any atom is 0.274 e. The molecule has 0 radical (unpaired) electrons. The molecule has 122 valence electrons. The van der Waals surface area contributed by atoms with Crippen LogP contribution in [-0.2, 0) is 6.54 Å². The molecule has 8 nitrogen and oxygen atoms in total. The number of carbonyl (C=O) groups excluding carboxylic acids is 1. The Hall–Kier alpha value is -2.51. The van der Waals surface area contributed by atoms with Gasteiger partial charge in [0.2, 0.25) is 0 Å². The summed E-state index contributed by atoms with van der Waals surface area (Å²) in [6.07, 6.45) is 8.40. The summed E-state index contributed by atoms with van der Waals surface area (Å²) in [5, 5.41) is 4.14. The molecule has 1 fully saturated rings. The third kappa shape index (κ3) is 3.64. The minimum absolute atomic E-state index is 0.0398. The van der Waals surface area contributed by atoms with Crippen LogP contribution in [0, 0.1) is 5.92 Å². The van der Waals surface area contributed by atoms with Crippen LogP contribution in [0.15, 0.2) is 25.0 Å². The number of rotatable bonds is 4. The van der Waals surface area contributed by atoms with Crippen LogP contribution >= 0.6 is 0 Å². The molecule has 1 aliphatic heterocycles. The predicted octanol–water partition coefficient (Wildman–Crippen LogP) is 0.686. The topological polar surface area (TPSA) is 80.0 Å². The Bertz CT molecular complexity index is 630. The molecule has 2 aromatic heterocycles. The molecule has 0 N–H and O–H groups in total. The second kappa shape index (κ2) is 6.72. The molecule has 0 saturated carbocycles. The maximum absolute atomic E-state index is 12.5. The van der Waals surface area contributed by atoms with E-state index in [2.05, 4.69) is 20.1 Å². The molecular formula is C15H21N7O. The van der Waals surface area contributed by atoms with Gasteiger partial charge in [0.1, 0.15) is 24.2 Å². The maximum atomic E-state index is 12.5. The van der Waals surface area contributed by atoms with Gasteiger partial charge in [-0.1, -0.05) is 0 Å². The van der Waals surface area contributed by atoms with Crippen LogP contribution < -0.4 is 4.90 Å². The third-order valence-electron chi connectivity index (χ3n) is 4.13. The highest BCUT2D eigenvalue weighted by atomic mass is 16.2. The highest BCUT2D eigenvalue weighted by Gasteiger charge is 2.25. The van der Waals surface area contributed by atoms with Crippen LogP contribution in [0.2, 0.25) is 0 Å². The molecule has 1 amide bonds. The van der Waals surface area contributed by atoms with Crippen molar-refractivity contribution in [1.29, 1.82) is 0 Å². The number of likely N-dealkylation sites (tertiary alicyclic amines) is 1. The third-order valence-corrected chi connectivity index (χ3v) is 4.13. The van der Waals surface area contributed by atoms with Crippen LogP contribution in [0.4, 0.5) is 5.82 Å². The Morgan fingerprint density at radius 3 is 2.61 bits per heavy atom. The van der Waals surface area contributed by atoms with Crippen LogP contribution in [0.1, 0.15) is 23.3 Å². The molecule has 0 spiro atoms. The fourth-order valence-electron chi connectivity index (χ4n) is 2.73. The Kier molecular flexibility index (Phi) is 4.50. The van der Waals surface area contributed by atoms with Gasteiger partial charge in [-0.25, -0.2) is 15.0 Å². The van der Waals surface area contributed by atoms with E-state index in [-0.39, 0.29) is 5.91 Å². The van der Waals surface area contributed by atoms with Crippen molar-refractivity contribution in [2.45, 2.75) is 19.4 Å². The normalized spacial score (nSPS) is 15.7. The number of aromatic nitrogens is 5. The van der Waals surface area contributed by atoms with Gasteiger partial charge in [-0.2, -0.15) is 5.10 Å². The van der Waals surface area contributed by atoms with Gasteiger partial charge in [0, 0.05) is 33.7 Å². The molecule has 1 saturated heterocycles. The summed E-state index contributed by atoms with van der Waals surface area (Å²) in [5.41, 5.74) is 0.408. The Morgan fingerprint density at radius 2 is 2.04 bits per heavy atom. The summed E-state index contributed by atoms with van der Waals surface area (Å²) >= 11 is 0. The van der Waals surface area contributed by atoms with Crippen molar-refractivity contribution < 1.29 is 4.79 Å². The quantitative estimate of drug-likeness (QED) is 0.826. The van der Waals surface area contributed by atoms with Crippen LogP contribution in [-0.4, -0.2) is 62.7 Å². The molecule has 0 unspecified atom stereocenters. The van der Waals surface area contributed by atoms with E-state index in [0.29, 0.717) is 11.6 Å². The summed E-state index contributed by atoms with van der Waals surface area (Å²) < 4.78 is 1.85. The molecule has 3 heterocycles. The minimum Gasteiger partial charge on any atom is -0.361 e. The molecule has 0 aromatic carbocycles. The number of hydrogen-bond donors (Lipinski definition) is 0. The van der Waals surface area contributed by atoms with Gasteiger partial charge in [-0.15, -0.1) is 0 Å². The van der Waals surface area contributed by atoms with E-state index in [1.165, 1.54) is 0 Å². The van der Waals surface area contributed by atoms with E-state index >= 15 is 0 Å². The van der Waals surface area contributed by atoms with Crippen molar-refractivity contribution in [3.05, 3.63) is 30.7 Å². The van der Waals surface area contributed by atoms with Crippen molar-refractivity contribution in [3.63, 3.8) is 0 Å². The fraction of sp³-hybridized carbons (Fsp3) is 0.533. The summed E-state index contributed by atoms with van der Waals surface area (Å²) in [7, 11) is 3.79. The molecule has 0 aliphatic carbocycles. The molecular weight excluding hydrogens is 294 g/mol. The van der Waals surface area contributed by atoms with E-state index in [1.54, 1.807) is 25.0 Å². The molecule has 0 atom stereocenters. The first-order valence-electron chi connectivity index (χ1n) is 7.74. The molecule has 8 heteroatoms. The van der Waals surface area contributed by atoms with E-state index < -0.39 is 0 Å². The standard InChI is InChI=1S/C15H21N7O/c1-20(2)14-8-17-13(7-18-14)15(23)21-5-3-12(4-6-21)9-22-11-16-10-19-22/h7-8,10-12H,3-6,9H2,1-2H3. The number of carbonyl (C=O) groups is 1. The molecule has 3 rings (SSSR count). The van der Waals surface area contributed by atoms with Gasteiger partial charge in [-0.05, 0) is 18.8 Å². The lowest BCUT2D eigenvalue weighted by Crippen LogP contribution is -2.39. The van der Waals surface area contributed by atoms with Crippen LogP contribution in [0.3, 0.4) is 0 Å². The average Bonchev–Trinajstić information content (AvgIpc) is 3.08. The Morgan fingerprint density at radius 1 is 1.26 bits per heavy atom. The van der Waals surface area contributed by atoms with Gasteiger partial charge < -0.3 is 9.80 Å². The number of hydrogen-bond acceptors (Lipinski definition) is 6. The zero-order valence-electron chi connectivity index (χ0n) is 13.5.